The Labute approximate surface area is 71.9 Å². The monoisotopic (exact) mass is 195 g/mol. The fraction of sp³-hybridized carbons (Fsp3) is 0.250. The van der Waals surface area contributed by atoms with E-state index in [0.29, 0.717) is 0 Å². The zero-order valence-corrected chi connectivity index (χ0v) is 6.91. The summed E-state index contributed by atoms with van der Waals surface area (Å²) in [6, 6.07) is 0. The molecule has 1 amide bonds. The van der Waals surface area contributed by atoms with Crippen LogP contribution in [0.2, 0.25) is 0 Å². The molecule has 7 heteroatoms. The summed E-state index contributed by atoms with van der Waals surface area (Å²) in [5.41, 5.74) is 4.59. The molecule has 0 aliphatic rings. The van der Waals surface area contributed by atoms with E-state index in [1.165, 1.54) is 0 Å². The van der Waals surface area contributed by atoms with Crippen LogP contribution in [0.3, 0.4) is 0 Å². The molecular formula is C4H5NO4S2. The number of thioether (sulfide) groups is 1. The average Bonchev–Trinajstić information content (AvgIpc) is 1.82. The van der Waals surface area contributed by atoms with Gasteiger partial charge >= 0.3 is 12.1 Å². The first-order chi connectivity index (χ1) is 5.02. The molecule has 0 bridgehead atoms. The highest BCUT2D eigenvalue weighted by Crippen LogP contribution is 2.04. The predicted molar refractivity (Wildman–Crippen MR) is 43.4 cm³/mol. The highest BCUT2D eigenvalue weighted by atomic mass is 32.2. The van der Waals surface area contributed by atoms with Gasteiger partial charge in [0.05, 0.1) is 5.75 Å². The highest BCUT2D eigenvalue weighted by Gasteiger charge is 2.05. The molecule has 62 valence electrons. The van der Waals surface area contributed by atoms with Crippen LogP contribution >= 0.6 is 24.0 Å². The lowest BCUT2D eigenvalue weighted by atomic mass is 10.8. The number of carboxylic acids is 1. The molecule has 0 spiro atoms. The van der Waals surface area contributed by atoms with E-state index in [0.717, 1.165) is 11.8 Å². The van der Waals surface area contributed by atoms with E-state index >= 15 is 0 Å². The van der Waals surface area contributed by atoms with E-state index < -0.39 is 12.1 Å². The molecule has 0 unspecified atom stereocenters. The van der Waals surface area contributed by atoms with Gasteiger partial charge in [-0.3, -0.25) is 4.79 Å². The summed E-state index contributed by atoms with van der Waals surface area (Å²) in [6.07, 6.45) is -1.03. The number of ether oxygens (including phenoxy) is 1. The average molecular weight is 195 g/mol. The lowest BCUT2D eigenvalue weighted by molar-refractivity contribution is -0.133. The van der Waals surface area contributed by atoms with E-state index in [1.54, 1.807) is 0 Å². The van der Waals surface area contributed by atoms with Crippen molar-refractivity contribution < 1.29 is 19.4 Å². The predicted octanol–water partition coefficient (Wildman–Crippen LogP) is 0.184. The second-order valence-electron chi connectivity index (χ2n) is 1.35. The van der Waals surface area contributed by atoms with Gasteiger partial charge in [-0.25, -0.2) is 4.79 Å². The van der Waals surface area contributed by atoms with Crippen molar-refractivity contribution >= 4 is 40.4 Å². The Morgan fingerprint density at radius 2 is 2.18 bits per heavy atom. The van der Waals surface area contributed by atoms with Gasteiger partial charge in [-0.15, -0.1) is 0 Å². The van der Waals surface area contributed by atoms with Gasteiger partial charge in [0.2, 0.25) is 4.38 Å². The van der Waals surface area contributed by atoms with Crippen LogP contribution in [0.5, 0.6) is 0 Å². The van der Waals surface area contributed by atoms with E-state index in [-0.39, 0.29) is 10.1 Å². The van der Waals surface area contributed by atoms with Gasteiger partial charge in [0.25, 0.3) is 0 Å². The van der Waals surface area contributed by atoms with Crippen molar-refractivity contribution in [1.82, 2.24) is 0 Å². The Bertz CT molecular complexity index is 193. The fourth-order valence-electron chi connectivity index (χ4n) is 0.232. The second-order valence-corrected chi connectivity index (χ2v) is 2.93. The summed E-state index contributed by atoms with van der Waals surface area (Å²) >= 11 is 5.15. The fourth-order valence-corrected chi connectivity index (χ4v) is 0.874. The molecule has 0 saturated carbocycles. The number of hydrogen-bond acceptors (Lipinski definition) is 5. The molecule has 0 heterocycles. The Morgan fingerprint density at radius 3 is 2.55 bits per heavy atom. The minimum absolute atomic E-state index is 0.181. The van der Waals surface area contributed by atoms with Gasteiger partial charge in [0.1, 0.15) is 0 Å². The number of amides is 1. The van der Waals surface area contributed by atoms with E-state index in [9.17, 15) is 9.59 Å². The molecule has 0 aliphatic carbocycles. The third-order valence-corrected chi connectivity index (χ3v) is 1.64. The molecule has 11 heavy (non-hydrogen) atoms. The molecule has 0 aromatic carbocycles. The number of hydrogen-bond donors (Lipinski definition) is 2. The summed E-state index contributed by atoms with van der Waals surface area (Å²) in [4.78, 5) is 19.9. The largest absolute Gasteiger partial charge is 0.481 e. The van der Waals surface area contributed by atoms with Crippen molar-refractivity contribution in [3.63, 3.8) is 0 Å². The van der Waals surface area contributed by atoms with Crippen LogP contribution in [-0.4, -0.2) is 27.3 Å². The van der Waals surface area contributed by atoms with Crippen LogP contribution in [0.4, 0.5) is 4.79 Å². The second kappa shape index (κ2) is 4.91. The van der Waals surface area contributed by atoms with Crippen LogP contribution in [-0.2, 0) is 9.53 Å². The lowest BCUT2D eigenvalue weighted by Gasteiger charge is -1.98. The quantitative estimate of drug-likeness (QED) is 0.611. The summed E-state index contributed by atoms with van der Waals surface area (Å²) in [7, 11) is 0. The topological polar surface area (TPSA) is 89.6 Å². The summed E-state index contributed by atoms with van der Waals surface area (Å²) < 4.78 is 3.99. The Morgan fingerprint density at radius 1 is 1.64 bits per heavy atom. The van der Waals surface area contributed by atoms with E-state index in [1.807, 2.05) is 0 Å². The van der Waals surface area contributed by atoms with Gasteiger partial charge in [0.15, 0.2) is 0 Å². The molecule has 0 radical (unpaired) electrons. The molecule has 0 aromatic heterocycles. The van der Waals surface area contributed by atoms with Crippen molar-refractivity contribution in [2.75, 3.05) is 5.75 Å². The molecule has 0 saturated heterocycles. The van der Waals surface area contributed by atoms with Gasteiger partial charge in [-0.1, -0.05) is 11.8 Å². The summed E-state index contributed by atoms with van der Waals surface area (Å²) in [6.45, 7) is 0. The molecule has 0 rings (SSSR count). The zero-order chi connectivity index (χ0) is 8.85. The highest BCUT2D eigenvalue weighted by molar-refractivity contribution is 8.23. The summed E-state index contributed by atoms with van der Waals surface area (Å²) in [5, 5.41) is 8.14. The van der Waals surface area contributed by atoms with Gasteiger partial charge in [-0.05, 0) is 12.2 Å². The lowest BCUT2D eigenvalue weighted by Crippen LogP contribution is -2.16. The molecule has 0 aromatic rings. The van der Waals surface area contributed by atoms with Crippen molar-refractivity contribution in [2.45, 2.75) is 0 Å². The third kappa shape index (κ3) is 7.07. The number of aliphatic carboxylic acids is 1. The van der Waals surface area contributed by atoms with Crippen molar-refractivity contribution in [3.05, 3.63) is 0 Å². The molecule has 3 N–H and O–H groups in total. The van der Waals surface area contributed by atoms with Gasteiger partial charge < -0.3 is 15.6 Å². The van der Waals surface area contributed by atoms with Crippen LogP contribution in [0.25, 0.3) is 0 Å². The molecule has 5 nitrogen and oxygen atoms in total. The molecule has 0 fully saturated rings. The molecule has 0 aliphatic heterocycles. The number of primary amides is 1. The maximum atomic E-state index is 10.0. The van der Waals surface area contributed by atoms with Crippen LogP contribution in [0, 0.1) is 0 Å². The van der Waals surface area contributed by atoms with Crippen LogP contribution < -0.4 is 5.73 Å². The minimum atomic E-state index is -1.04. The summed E-state index contributed by atoms with van der Waals surface area (Å²) in [5.74, 6) is -1.28. The number of carboxylic acid groups (broad SMARTS) is 1. The van der Waals surface area contributed by atoms with E-state index in [2.05, 4.69) is 22.7 Å². The van der Waals surface area contributed by atoms with Crippen molar-refractivity contribution in [3.8, 4) is 0 Å². The number of rotatable bonds is 2. The number of thiocarbonyl (C=S) groups is 1. The Kier molecular flexibility index (Phi) is 4.55. The van der Waals surface area contributed by atoms with E-state index in [4.69, 9.17) is 5.11 Å². The number of carbonyl (C=O) groups excluding carboxylic acids is 1. The maximum absolute atomic E-state index is 10.0. The van der Waals surface area contributed by atoms with Crippen LogP contribution in [0.1, 0.15) is 0 Å². The van der Waals surface area contributed by atoms with Gasteiger partial charge in [0, 0.05) is 0 Å². The van der Waals surface area contributed by atoms with Gasteiger partial charge in [-0.2, -0.15) is 0 Å². The first-order valence-corrected chi connectivity index (χ1v) is 3.77. The third-order valence-electron chi connectivity index (χ3n) is 0.497. The molecular weight excluding hydrogens is 190 g/mol. The first-order valence-electron chi connectivity index (χ1n) is 2.38. The Balaban J connectivity index is 3.53. The minimum Gasteiger partial charge on any atom is -0.481 e. The molecule has 0 atom stereocenters. The van der Waals surface area contributed by atoms with Crippen LogP contribution in [0.15, 0.2) is 0 Å². The number of nitrogens with two attached hydrogens (primary N) is 1. The smallest absolute Gasteiger partial charge is 0.411 e. The standard InChI is InChI=1S/C4H5NO4S2/c5-3(8)9-4(10)11-1-2(6)7/h1H2,(H2,5,8)(H,6,7). The van der Waals surface area contributed by atoms with Crippen molar-refractivity contribution in [2.24, 2.45) is 5.73 Å². The SMILES string of the molecule is NC(=O)OC(=S)SCC(=O)O. The normalized spacial score (nSPS) is 8.73. The maximum Gasteiger partial charge on any atom is 0.411 e. The first kappa shape index (κ1) is 10.2. The number of carbonyl (C=O) groups is 2. The Hall–Kier alpha value is -0.820. The van der Waals surface area contributed by atoms with Crippen molar-refractivity contribution in [1.29, 1.82) is 0 Å². The zero-order valence-electron chi connectivity index (χ0n) is 5.27.